The van der Waals surface area contributed by atoms with Crippen LogP contribution in [0, 0.1) is 40.4 Å². The summed E-state index contributed by atoms with van der Waals surface area (Å²) in [5.41, 5.74) is -0.446. The monoisotopic (exact) mass is 247 g/mol. The summed E-state index contributed by atoms with van der Waals surface area (Å²) in [4.78, 5) is 11.8. The molecule has 3 heteroatoms. The number of rotatable bonds is 3. The van der Waals surface area contributed by atoms with Crippen molar-refractivity contribution in [2.45, 2.75) is 33.6 Å². The van der Waals surface area contributed by atoms with Gasteiger partial charge in [0.1, 0.15) is 0 Å². The first-order chi connectivity index (χ1) is 8.43. The normalized spacial score (nSPS) is 33.4. The number of esters is 1. The molecule has 1 saturated carbocycles. The van der Waals surface area contributed by atoms with E-state index >= 15 is 0 Å². The van der Waals surface area contributed by atoms with Gasteiger partial charge in [0.05, 0.1) is 18.1 Å². The molecule has 0 saturated heterocycles. The number of hydrogen-bond acceptors (Lipinski definition) is 3. The molecule has 2 aliphatic rings. The first kappa shape index (κ1) is 13.1. The summed E-state index contributed by atoms with van der Waals surface area (Å²) >= 11 is 0. The maximum Gasteiger partial charge on any atom is 0.311 e. The summed E-state index contributed by atoms with van der Waals surface area (Å²) in [5, 5.41) is 8.90. The van der Waals surface area contributed by atoms with E-state index < -0.39 is 5.41 Å². The number of allylic oxidation sites excluding steroid dienone is 2. The maximum atomic E-state index is 11.8. The molecular weight excluding hydrogens is 226 g/mol. The van der Waals surface area contributed by atoms with Gasteiger partial charge in [0, 0.05) is 12.3 Å². The molecule has 0 aromatic rings. The molecule has 0 amide bonds. The van der Waals surface area contributed by atoms with Gasteiger partial charge in [-0.15, -0.1) is 0 Å². The van der Waals surface area contributed by atoms with Gasteiger partial charge < -0.3 is 4.74 Å². The molecule has 2 bridgehead atoms. The SMILES string of the molecule is CC(C)(C)C(=O)OCC1C2C=CC(C2)C1CC#N. The van der Waals surface area contributed by atoms with E-state index in [1.54, 1.807) is 0 Å². The van der Waals surface area contributed by atoms with Crippen molar-refractivity contribution < 1.29 is 9.53 Å². The second kappa shape index (κ2) is 4.76. The summed E-state index contributed by atoms with van der Waals surface area (Å²) in [6, 6.07) is 2.27. The quantitative estimate of drug-likeness (QED) is 0.569. The van der Waals surface area contributed by atoms with Crippen molar-refractivity contribution in [2.24, 2.45) is 29.1 Å². The average molecular weight is 247 g/mol. The smallest absolute Gasteiger partial charge is 0.311 e. The van der Waals surface area contributed by atoms with Crippen LogP contribution >= 0.6 is 0 Å². The third-order valence-corrected chi connectivity index (χ3v) is 4.15. The molecule has 1 fully saturated rings. The molecular formula is C15H21NO2. The molecule has 0 heterocycles. The van der Waals surface area contributed by atoms with Crippen LogP contribution in [0.5, 0.6) is 0 Å². The lowest BCUT2D eigenvalue weighted by molar-refractivity contribution is -0.155. The molecule has 0 spiro atoms. The Kier molecular flexibility index (Phi) is 3.47. The minimum atomic E-state index is -0.446. The van der Waals surface area contributed by atoms with Crippen LogP contribution in [0.3, 0.4) is 0 Å². The van der Waals surface area contributed by atoms with E-state index in [2.05, 4.69) is 18.2 Å². The van der Waals surface area contributed by atoms with Crippen LogP contribution in [0.15, 0.2) is 12.2 Å². The Labute approximate surface area is 109 Å². The standard InChI is InChI=1S/C15H21NO2/c1-15(2,3)14(17)18-9-13-11-5-4-10(8-11)12(13)6-7-16/h4-5,10-13H,6,8-9H2,1-3H3. The molecule has 0 radical (unpaired) electrons. The lowest BCUT2D eigenvalue weighted by atomic mass is 9.82. The van der Waals surface area contributed by atoms with Crippen LogP contribution in [0.2, 0.25) is 0 Å². The minimum absolute atomic E-state index is 0.148. The number of nitrogens with zero attached hydrogens (tertiary/aromatic N) is 1. The highest BCUT2D eigenvalue weighted by atomic mass is 16.5. The van der Waals surface area contributed by atoms with Gasteiger partial charge in [-0.25, -0.2) is 0 Å². The molecule has 2 aliphatic carbocycles. The predicted octanol–water partition coefficient (Wildman–Crippen LogP) is 2.93. The molecule has 4 unspecified atom stereocenters. The highest BCUT2D eigenvalue weighted by Gasteiger charge is 2.44. The van der Waals surface area contributed by atoms with Crippen LogP contribution in [0.4, 0.5) is 0 Å². The maximum absolute atomic E-state index is 11.8. The molecule has 0 aromatic heterocycles. The lowest BCUT2D eigenvalue weighted by Gasteiger charge is -2.27. The van der Waals surface area contributed by atoms with Crippen molar-refractivity contribution in [3.63, 3.8) is 0 Å². The molecule has 0 aliphatic heterocycles. The molecule has 4 atom stereocenters. The van der Waals surface area contributed by atoms with Gasteiger partial charge in [-0.1, -0.05) is 12.2 Å². The van der Waals surface area contributed by atoms with E-state index in [9.17, 15) is 4.79 Å². The van der Waals surface area contributed by atoms with Crippen LogP contribution in [-0.4, -0.2) is 12.6 Å². The van der Waals surface area contributed by atoms with Crippen molar-refractivity contribution in [1.82, 2.24) is 0 Å². The minimum Gasteiger partial charge on any atom is -0.465 e. The molecule has 2 rings (SSSR count). The lowest BCUT2D eigenvalue weighted by Crippen LogP contribution is -2.29. The second-order valence-electron chi connectivity index (χ2n) is 6.49. The summed E-state index contributed by atoms with van der Waals surface area (Å²) in [7, 11) is 0. The van der Waals surface area contributed by atoms with Gasteiger partial charge in [-0.3, -0.25) is 4.79 Å². The van der Waals surface area contributed by atoms with Crippen LogP contribution in [0.1, 0.15) is 33.6 Å². The zero-order valence-electron chi connectivity index (χ0n) is 11.3. The molecule has 3 nitrogen and oxygen atoms in total. The summed E-state index contributed by atoms with van der Waals surface area (Å²) in [5.74, 6) is 1.59. The van der Waals surface area contributed by atoms with Crippen molar-refractivity contribution >= 4 is 5.97 Å². The molecule has 98 valence electrons. The number of nitriles is 1. The van der Waals surface area contributed by atoms with Gasteiger partial charge >= 0.3 is 5.97 Å². The van der Waals surface area contributed by atoms with Gasteiger partial charge in [-0.2, -0.15) is 5.26 Å². The van der Waals surface area contributed by atoms with E-state index in [-0.39, 0.29) is 5.97 Å². The Morgan fingerprint density at radius 3 is 2.50 bits per heavy atom. The topological polar surface area (TPSA) is 50.1 Å². The first-order valence-corrected chi connectivity index (χ1v) is 6.66. The van der Waals surface area contributed by atoms with E-state index in [0.29, 0.717) is 36.7 Å². The number of carbonyl (C=O) groups is 1. The van der Waals surface area contributed by atoms with Crippen LogP contribution in [-0.2, 0) is 9.53 Å². The zero-order valence-corrected chi connectivity index (χ0v) is 11.3. The Balaban J connectivity index is 1.95. The largest absolute Gasteiger partial charge is 0.465 e. The van der Waals surface area contributed by atoms with Crippen molar-refractivity contribution in [1.29, 1.82) is 5.26 Å². The Morgan fingerprint density at radius 1 is 1.33 bits per heavy atom. The molecule has 0 N–H and O–H groups in total. The van der Waals surface area contributed by atoms with Crippen molar-refractivity contribution in [2.75, 3.05) is 6.61 Å². The van der Waals surface area contributed by atoms with Gasteiger partial charge in [0.25, 0.3) is 0 Å². The van der Waals surface area contributed by atoms with E-state index in [4.69, 9.17) is 10.00 Å². The number of carbonyl (C=O) groups excluding carboxylic acids is 1. The third kappa shape index (κ3) is 2.43. The summed E-state index contributed by atoms with van der Waals surface area (Å²) in [6.45, 7) is 6.06. The number of hydrogen-bond donors (Lipinski definition) is 0. The fraction of sp³-hybridized carbons (Fsp3) is 0.733. The first-order valence-electron chi connectivity index (χ1n) is 6.66. The van der Waals surface area contributed by atoms with Crippen LogP contribution < -0.4 is 0 Å². The summed E-state index contributed by atoms with van der Waals surface area (Å²) < 4.78 is 5.44. The molecule has 0 aromatic carbocycles. The predicted molar refractivity (Wildman–Crippen MR) is 68.4 cm³/mol. The van der Waals surface area contributed by atoms with Crippen molar-refractivity contribution in [3.05, 3.63) is 12.2 Å². The molecule has 18 heavy (non-hydrogen) atoms. The number of ether oxygens (including phenoxy) is 1. The van der Waals surface area contributed by atoms with Gasteiger partial charge in [0.2, 0.25) is 0 Å². The van der Waals surface area contributed by atoms with Crippen LogP contribution in [0.25, 0.3) is 0 Å². The van der Waals surface area contributed by atoms with E-state index in [1.807, 2.05) is 20.8 Å². The number of fused-ring (bicyclic) bond motifs is 2. The Bertz CT molecular complexity index is 400. The fourth-order valence-electron chi connectivity index (χ4n) is 3.07. The van der Waals surface area contributed by atoms with E-state index in [0.717, 1.165) is 6.42 Å². The summed E-state index contributed by atoms with van der Waals surface area (Å²) in [6.07, 6.45) is 6.16. The highest BCUT2D eigenvalue weighted by molar-refractivity contribution is 5.75. The zero-order chi connectivity index (χ0) is 13.3. The Morgan fingerprint density at radius 2 is 1.94 bits per heavy atom. The average Bonchev–Trinajstić information content (AvgIpc) is 2.86. The fourth-order valence-corrected chi connectivity index (χ4v) is 3.07. The van der Waals surface area contributed by atoms with Crippen molar-refractivity contribution in [3.8, 4) is 6.07 Å². The highest BCUT2D eigenvalue weighted by Crippen LogP contribution is 2.49. The second-order valence-corrected chi connectivity index (χ2v) is 6.49. The third-order valence-electron chi connectivity index (χ3n) is 4.15. The van der Waals surface area contributed by atoms with Gasteiger partial charge in [0.15, 0.2) is 0 Å². The van der Waals surface area contributed by atoms with E-state index in [1.165, 1.54) is 0 Å². The Hall–Kier alpha value is -1.30. The van der Waals surface area contributed by atoms with Gasteiger partial charge in [-0.05, 0) is 44.9 Å².